The molecule has 5 rings (SSSR count). The molecule has 0 radical (unpaired) electrons. The molecular weight excluding hydrogens is 386 g/mol. The van der Waals surface area contributed by atoms with Crippen molar-refractivity contribution in [3.05, 3.63) is 84.3 Å². The van der Waals surface area contributed by atoms with Gasteiger partial charge in [0, 0.05) is 29.0 Å². The smallest absolute Gasteiger partial charge is 0.280 e. The van der Waals surface area contributed by atoms with Gasteiger partial charge in [-0.15, -0.1) is 11.3 Å². The summed E-state index contributed by atoms with van der Waals surface area (Å²) in [5.41, 5.74) is 3.15. The third-order valence-corrected chi connectivity index (χ3v) is 5.23. The molecule has 0 unspecified atom stereocenters. The Bertz CT molecular complexity index is 1270. The van der Waals surface area contributed by atoms with Crippen LogP contribution >= 0.6 is 11.3 Å². The second-order valence-corrected chi connectivity index (χ2v) is 7.27. The zero-order valence-electron chi connectivity index (χ0n) is 15.1. The molecular formula is C21H15N5O2S. The van der Waals surface area contributed by atoms with Gasteiger partial charge in [0.05, 0.1) is 17.6 Å². The number of nitrogens with one attached hydrogen (secondary N) is 1. The van der Waals surface area contributed by atoms with E-state index in [9.17, 15) is 9.90 Å². The number of thiazole rings is 1. The Kier molecular flexibility index (Phi) is 4.10. The molecule has 2 N–H and O–H groups in total. The Hall–Kier alpha value is -3.91. The highest BCUT2D eigenvalue weighted by Gasteiger charge is 2.17. The molecule has 2 aromatic carbocycles. The molecule has 1 amide bonds. The largest absolute Gasteiger partial charge is 0.504 e. The first-order valence-electron chi connectivity index (χ1n) is 8.85. The third kappa shape index (κ3) is 3.26. The average Bonchev–Trinajstić information content (AvgIpc) is 3.44. The van der Waals surface area contributed by atoms with E-state index in [0.29, 0.717) is 5.69 Å². The molecule has 0 aliphatic carbocycles. The van der Waals surface area contributed by atoms with Crippen molar-refractivity contribution in [2.45, 2.75) is 0 Å². The molecule has 0 bridgehead atoms. The lowest BCUT2D eigenvalue weighted by molar-refractivity contribution is 0.101. The number of benzene rings is 2. The number of hydrogen-bond donors (Lipinski definition) is 2. The SMILES string of the molecule is O=C(Nc1ccc(-c2cn3ccsc3n2)cc1)c1nn(-c2ccccc2)cc1O. The van der Waals surface area contributed by atoms with E-state index in [4.69, 9.17) is 0 Å². The number of aromatic nitrogens is 4. The number of amides is 1. The first kappa shape index (κ1) is 17.2. The molecule has 3 heterocycles. The standard InChI is InChI=1S/C21H15N5O2S/c27-18-13-26(16-4-2-1-3-5-16)24-19(18)20(28)22-15-8-6-14(7-9-15)17-12-25-10-11-29-21(25)23-17/h1-13,27H,(H,22,28). The fourth-order valence-electron chi connectivity index (χ4n) is 3.02. The number of anilines is 1. The maximum atomic E-state index is 12.6. The Morgan fingerprint density at radius 1 is 1.03 bits per heavy atom. The number of nitrogens with zero attached hydrogens (tertiary/aromatic N) is 4. The minimum atomic E-state index is -0.479. The van der Waals surface area contributed by atoms with Gasteiger partial charge in [-0.2, -0.15) is 5.10 Å². The van der Waals surface area contributed by atoms with Gasteiger partial charge in [-0.05, 0) is 24.3 Å². The number of rotatable bonds is 4. The zero-order valence-corrected chi connectivity index (χ0v) is 15.9. The molecule has 142 valence electrons. The van der Waals surface area contributed by atoms with Gasteiger partial charge in [-0.25, -0.2) is 9.67 Å². The second kappa shape index (κ2) is 6.92. The quantitative estimate of drug-likeness (QED) is 0.473. The minimum Gasteiger partial charge on any atom is -0.504 e. The molecule has 29 heavy (non-hydrogen) atoms. The van der Waals surface area contributed by atoms with E-state index in [2.05, 4.69) is 15.4 Å². The Balaban J connectivity index is 1.34. The number of carbonyl (C=O) groups is 1. The summed E-state index contributed by atoms with van der Waals surface area (Å²) in [4.78, 5) is 18.1. The van der Waals surface area contributed by atoms with E-state index in [-0.39, 0.29) is 11.4 Å². The van der Waals surface area contributed by atoms with Gasteiger partial charge in [-0.3, -0.25) is 9.20 Å². The van der Waals surface area contributed by atoms with Crippen LogP contribution in [-0.2, 0) is 0 Å². The van der Waals surface area contributed by atoms with Crippen LogP contribution in [0.25, 0.3) is 21.9 Å². The van der Waals surface area contributed by atoms with Crippen molar-refractivity contribution >= 4 is 27.9 Å². The van der Waals surface area contributed by atoms with Crippen LogP contribution in [-0.4, -0.2) is 30.2 Å². The van der Waals surface area contributed by atoms with E-state index in [1.54, 1.807) is 23.5 Å². The van der Waals surface area contributed by atoms with Gasteiger partial charge < -0.3 is 10.4 Å². The van der Waals surface area contributed by atoms with E-state index in [0.717, 1.165) is 21.9 Å². The van der Waals surface area contributed by atoms with Crippen molar-refractivity contribution in [2.24, 2.45) is 0 Å². The van der Waals surface area contributed by atoms with Crippen LogP contribution in [0.5, 0.6) is 5.75 Å². The molecule has 5 aromatic rings. The molecule has 0 spiro atoms. The van der Waals surface area contributed by atoms with E-state index >= 15 is 0 Å². The first-order chi connectivity index (χ1) is 14.2. The van der Waals surface area contributed by atoms with Crippen molar-refractivity contribution in [3.8, 4) is 22.7 Å². The zero-order chi connectivity index (χ0) is 19.8. The molecule has 0 saturated carbocycles. The number of aromatic hydroxyl groups is 1. The summed E-state index contributed by atoms with van der Waals surface area (Å²) in [5.74, 6) is -0.659. The lowest BCUT2D eigenvalue weighted by Gasteiger charge is -2.05. The lowest BCUT2D eigenvalue weighted by Crippen LogP contribution is -2.13. The predicted octanol–water partition coefficient (Wildman–Crippen LogP) is 4.21. The summed E-state index contributed by atoms with van der Waals surface area (Å²) in [5, 5.41) is 19.1. The van der Waals surface area contributed by atoms with E-state index in [1.165, 1.54) is 10.9 Å². The van der Waals surface area contributed by atoms with Crippen LogP contribution in [0, 0.1) is 0 Å². The van der Waals surface area contributed by atoms with Crippen LogP contribution in [0.15, 0.2) is 78.6 Å². The van der Waals surface area contributed by atoms with Crippen LogP contribution in [0.4, 0.5) is 5.69 Å². The van der Waals surface area contributed by atoms with Crippen LogP contribution in [0.1, 0.15) is 10.5 Å². The Morgan fingerprint density at radius 2 is 1.83 bits per heavy atom. The van der Waals surface area contributed by atoms with Crippen molar-refractivity contribution in [1.82, 2.24) is 19.2 Å². The topological polar surface area (TPSA) is 84.5 Å². The third-order valence-electron chi connectivity index (χ3n) is 4.46. The Labute approximate surface area is 169 Å². The number of carbonyl (C=O) groups excluding carboxylic acids is 1. The highest BCUT2D eigenvalue weighted by molar-refractivity contribution is 7.15. The van der Waals surface area contributed by atoms with Crippen LogP contribution in [0.2, 0.25) is 0 Å². The maximum absolute atomic E-state index is 12.6. The van der Waals surface area contributed by atoms with Gasteiger partial charge in [0.2, 0.25) is 0 Å². The van der Waals surface area contributed by atoms with E-state index < -0.39 is 5.91 Å². The van der Waals surface area contributed by atoms with Gasteiger partial charge in [-0.1, -0.05) is 30.3 Å². The number of para-hydroxylation sites is 1. The van der Waals surface area contributed by atoms with Crippen LogP contribution in [0.3, 0.4) is 0 Å². The monoisotopic (exact) mass is 401 g/mol. The fourth-order valence-corrected chi connectivity index (χ4v) is 3.72. The van der Waals surface area contributed by atoms with Crippen molar-refractivity contribution in [2.75, 3.05) is 5.32 Å². The van der Waals surface area contributed by atoms with Crippen molar-refractivity contribution < 1.29 is 9.90 Å². The average molecular weight is 401 g/mol. The molecule has 8 heteroatoms. The van der Waals surface area contributed by atoms with Gasteiger partial charge in [0.1, 0.15) is 0 Å². The molecule has 0 aliphatic heterocycles. The molecule has 0 aliphatic rings. The highest BCUT2D eigenvalue weighted by Crippen LogP contribution is 2.24. The molecule has 3 aromatic heterocycles. The predicted molar refractivity (Wildman–Crippen MR) is 112 cm³/mol. The van der Waals surface area contributed by atoms with Gasteiger partial charge in [0.25, 0.3) is 5.91 Å². The summed E-state index contributed by atoms with van der Waals surface area (Å²) in [6.45, 7) is 0. The molecule has 7 nitrogen and oxygen atoms in total. The summed E-state index contributed by atoms with van der Waals surface area (Å²) in [7, 11) is 0. The lowest BCUT2D eigenvalue weighted by atomic mass is 10.1. The summed E-state index contributed by atoms with van der Waals surface area (Å²) in [6, 6.07) is 16.7. The number of hydrogen-bond acceptors (Lipinski definition) is 5. The normalized spacial score (nSPS) is 11.0. The van der Waals surface area contributed by atoms with Gasteiger partial charge in [0.15, 0.2) is 16.4 Å². The van der Waals surface area contributed by atoms with Gasteiger partial charge >= 0.3 is 0 Å². The summed E-state index contributed by atoms with van der Waals surface area (Å²) >= 11 is 1.58. The minimum absolute atomic E-state index is 0.0349. The highest BCUT2D eigenvalue weighted by atomic mass is 32.1. The number of fused-ring (bicyclic) bond motifs is 1. The second-order valence-electron chi connectivity index (χ2n) is 6.39. The summed E-state index contributed by atoms with van der Waals surface area (Å²) in [6.07, 6.45) is 5.34. The van der Waals surface area contributed by atoms with E-state index in [1.807, 2.05) is 64.6 Å². The molecule has 0 saturated heterocycles. The fraction of sp³-hybridized carbons (Fsp3) is 0. The first-order valence-corrected chi connectivity index (χ1v) is 9.73. The Morgan fingerprint density at radius 3 is 2.59 bits per heavy atom. The number of imidazole rings is 1. The van der Waals surface area contributed by atoms with Crippen molar-refractivity contribution in [1.29, 1.82) is 0 Å². The van der Waals surface area contributed by atoms with Crippen molar-refractivity contribution in [3.63, 3.8) is 0 Å². The maximum Gasteiger partial charge on any atom is 0.280 e. The summed E-state index contributed by atoms with van der Waals surface area (Å²) < 4.78 is 3.44. The molecule has 0 atom stereocenters. The molecule has 0 fully saturated rings. The van der Waals surface area contributed by atoms with Crippen LogP contribution < -0.4 is 5.32 Å².